The van der Waals surface area contributed by atoms with Crippen molar-refractivity contribution in [3.05, 3.63) is 41.2 Å². The first kappa shape index (κ1) is 12.9. The van der Waals surface area contributed by atoms with Gasteiger partial charge in [-0.05, 0) is 25.5 Å². The minimum Gasteiger partial charge on any atom is -0.378 e. The number of nitrogens with zero attached hydrogens (tertiary/aromatic N) is 1. The Kier molecular flexibility index (Phi) is 3.10. The van der Waals surface area contributed by atoms with Crippen molar-refractivity contribution in [2.75, 3.05) is 13.2 Å². The molecule has 1 saturated heterocycles. The fraction of sp³-hybridized carbons (Fsp3) is 0.429. The number of amides is 1. The summed E-state index contributed by atoms with van der Waals surface area (Å²) in [6.07, 6.45) is 4.24. The Hall–Kier alpha value is -2.08. The second kappa shape index (κ2) is 4.79. The summed E-state index contributed by atoms with van der Waals surface area (Å²) in [6, 6.07) is 1.88. The zero-order chi connectivity index (χ0) is 14.2. The number of carbonyl (C=O) groups excluding carboxylic acids is 1. The van der Waals surface area contributed by atoms with Gasteiger partial charge in [0.25, 0.3) is 5.91 Å². The number of carbonyl (C=O) groups is 1. The summed E-state index contributed by atoms with van der Waals surface area (Å²) in [5.74, 6) is 0.622. The molecule has 2 aromatic heterocycles. The molecular weight excluding hydrogens is 256 g/mol. The van der Waals surface area contributed by atoms with Crippen molar-refractivity contribution in [1.82, 2.24) is 20.3 Å². The van der Waals surface area contributed by atoms with Gasteiger partial charge in [-0.3, -0.25) is 4.79 Å². The predicted molar refractivity (Wildman–Crippen MR) is 73.4 cm³/mol. The minimum atomic E-state index is -0.567. The van der Waals surface area contributed by atoms with E-state index in [1.54, 1.807) is 12.4 Å². The fourth-order valence-corrected chi connectivity index (χ4v) is 2.54. The van der Waals surface area contributed by atoms with Crippen LogP contribution in [-0.2, 0) is 10.3 Å². The van der Waals surface area contributed by atoms with E-state index in [4.69, 9.17) is 4.74 Å². The van der Waals surface area contributed by atoms with Crippen molar-refractivity contribution in [1.29, 1.82) is 0 Å². The van der Waals surface area contributed by atoms with Crippen LogP contribution < -0.4 is 5.32 Å². The van der Waals surface area contributed by atoms with Gasteiger partial charge < -0.3 is 20.0 Å². The van der Waals surface area contributed by atoms with E-state index in [9.17, 15) is 4.79 Å². The highest BCUT2D eigenvalue weighted by Gasteiger charge is 2.41. The molecular formula is C14H18N4O2. The molecule has 6 heteroatoms. The summed E-state index contributed by atoms with van der Waals surface area (Å²) >= 11 is 0. The van der Waals surface area contributed by atoms with Crippen molar-refractivity contribution < 1.29 is 9.53 Å². The number of imidazole rings is 1. The molecule has 0 radical (unpaired) electrons. The Morgan fingerprint density at radius 3 is 2.90 bits per heavy atom. The molecule has 0 aromatic carbocycles. The molecule has 1 fully saturated rings. The SMILES string of the molecule is Cc1cnc(C2(NC(=O)c3[nH]ccc3C)CCOC2)[nH]1. The van der Waals surface area contributed by atoms with Crippen molar-refractivity contribution >= 4 is 5.91 Å². The third-order valence-corrected chi connectivity index (χ3v) is 3.71. The molecule has 106 valence electrons. The maximum atomic E-state index is 12.4. The zero-order valence-electron chi connectivity index (χ0n) is 11.6. The van der Waals surface area contributed by atoms with Gasteiger partial charge in [-0.25, -0.2) is 4.98 Å². The summed E-state index contributed by atoms with van der Waals surface area (Å²) in [4.78, 5) is 23.0. The number of H-pyrrole nitrogens is 2. The fourth-order valence-electron chi connectivity index (χ4n) is 2.54. The Balaban J connectivity index is 1.89. The average molecular weight is 274 g/mol. The predicted octanol–water partition coefficient (Wildman–Crippen LogP) is 1.40. The van der Waals surface area contributed by atoms with Gasteiger partial charge in [-0.2, -0.15) is 0 Å². The van der Waals surface area contributed by atoms with Crippen LogP contribution in [0.1, 0.15) is 34.0 Å². The van der Waals surface area contributed by atoms with Crippen molar-refractivity contribution in [2.24, 2.45) is 0 Å². The molecule has 0 aliphatic carbocycles. The lowest BCUT2D eigenvalue weighted by Crippen LogP contribution is -2.47. The normalized spacial score (nSPS) is 22.1. The zero-order valence-corrected chi connectivity index (χ0v) is 11.6. The number of hydrogen-bond acceptors (Lipinski definition) is 3. The van der Waals surface area contributed by atoms with Crippen molar-refractivity contribution in [2.45, 2.75) is 25.8 Å². The van der Waals surface area contributed by atoms with Crippen LogP contribution in [0.25, 0.3) is 0 Å². The van der Waals surface area contributed by atoms with E-state index in [1.807, 2.05) is 19.9 Å². The van der Waals surface area contributed by atoms with Crippen LogP contribution in [0.4, 0.5) is 0 Å². The summed E-state index contributed by atoms with van der Waals surface area (Å²) < 4.78 is 5.49. The molecule has 1 amide bonds. The van der Waals surface area contributed by atoms with Gasteiger partial charge in [0.15, 0.2) is 0 Å². The van der Waals surface area contributed by atoms with Crippen LogP contribution in [0.5, 0.6) is 0 Å². The third-order valence-electron chi connectivity index (χ3n) is 3.71. The Bertz CT molecular complexity index is 623. The van der Waals surface area contributed by atoms with Crippen LogP contribution in [0, 0.1) is 13.8 Å². The van der Waals surface area contributed by atoms with Gasteiger partial charge in [0.1, 0.15) is 17.1 Å². The Morgan fingerprint density at radius 2 is 2.35 bits per heavy atom. The number of aromatic nitrogens is 3. The van der Waals surface area contributed by atoms with Crippen LogP contribution in [-0.4, -0.2) is 34.1 Å². The van der Waals surface area contributed by atoms with E-state index in [1.165, 1.54) is 0 Å². The van der Waals surface area contributed by atoms with Crippen LogP contribution in [0.2, 0.25) is 0 Å². The first-order valence-electron chi connectivity index (χ1n) is 6.67. The van der Waals surface area contributed by atoms with Crippen molar-refractivity contribution in [3.8, 4) is 0 Å². The highest BCUT2D eigenvalue weighted by molar-refractivity contribution is 5.94. The molecule has 0 saturated carbocycles. The molecule has 1 aliphatic heterocycles. The van der Waals surface area contributed by atoms with E-state index in [0.29, 0.717) is 25.3 Å². The minimum absolute atomic E-state index is 0.132. The summed E-state index contributed by atoms with van der Waals surface area (Å²) in [6.45, 7) is 4.90. The number of aromatic amines is 2. The molecule has 1 aliphatic rings. The quantitative estimate of drug-likeness (QED) is 0.791. The highest BCUT2D eigenvalue weighted by atomic mass is 16.5. The smallest absolute Gasteiger partial charge is 0.268 e. The van der Waals surface area contributed by atoms with E-state index in [0.717, 1.165) is 17.1 Å². The first-order valence-corrected chi connectivity index (χ1v) is 6.67. The summed E-state index contributed by atoms with van der Waals surface area (Å²) in [5, 5.41) is 3.08. The molecule has 1 atom stereocenters. The van der Waals surface area contributed by atoms with Gasteiger partial charge in [0, 0.05) is 31.1 Å². The van der Waals surface area contributed by atoms with E-state index in [2.05, 4.69) is 20.3 Å². The second-order valence-corrected chi connectivity index (χ2v) is 5.29. The van der Waals surface area contributed by atoms with Gasteiger partial charge in [0.05, 0.1) is 6.61 Å². The molecule has 3 rings (SSSR count). The standard InChI is InChI=1S/C14H18N4O2/c1-9-3-5-15-11(9)12(19)18-14(4-6-20-8-14)13-16-7-10(2)17-13/h3,5,7,15H,4,6,8H2,1-2H3,(H,16,17)(H,18,19). The van der Waals surface area contributed by atoms with Gasteiger partial charge >= 0.3 is 0 Å². The Labute approximate surface area is 117 Å². The largest absolute Gasteiger partial charge is 0.378 e. The summed E-state index contributed by atoms with van der Waals surface area (Å²) in [5.41, 5.74) is 1.91. The lowest BCUT2D eigenvalue weighted by atomic mass is 9.97. The maximum Gasteiger partial charge on any atom is 0.268 e. The van der Waals surface area contributed by atoms with Gasteiger partial charge in [-0.15, -0.1) is 0 Å². The van der Waals surface area contributed by atoms with Crippen molar-refractivity contribution in [3.63, 3.8) is 0 Å². The number of rotatable bonds is 3. The molecule has 2 aromatic rings. The molecule has 6 nitrogen and oxygen atoms in total. The highest BCUT2D eigenvalue weighted by Crippen LogP contribution is 2.29. The van der Waals surface area contributed by atoms with Gasteiger partial charge in [-0.1, -0.05) is 0 Å². The number of hydrogen-bond donors (Lipinski definition) is 3. The number of ether oxygens (including phenoxy) is 1. The van der Waals surface area contributed by atoms with E-state index < -0.39 is 5.54 Å². The first-order chi connectivity index (χ1) is 9.61. The molecule has 1 unspecified atom stereocenters. The lowest BCUT2D eigenvalue weighted by molar-refractivity contribution is 0.0864. The van der Waals surface area contributed by atoms with Crippen LogP contribution in [0.15, 0.2) is 18.5 Å². The monoisotopic (exact) mass is 274 g/mol. The molecule has 3 N–H and O–H groups in total. The third kappa shape index (κ3) is 2.12. The number of nitrogens with one attached hydrogen (secondary N) is 3. The van der Waals surface area contributed by atoms with E-state index in [-0.39, 0.29) is 5.91 Å². The van der Waals surface area contributed by atoms with Crippen LogP contribution in [0.3, 0.4) is 0 Å². The van der Waals surface area contributed by atoms with E-state index >= 15 is 0 Å². The summed E-state index contributed by atoms with van der Waals surface area (Å²) in [7, 11) is 0. The topological polar surface area (TPSA) is 82.8 Å². The second-order valence-electron chi connectivity index (χ2n) is 5.29. The Morgan fingerprint density at radius 1 is 1.50 bits per heavy atom. The molecule has 0 bridgehead atoms. The van der Waals surface area contributed by atoms with Gasteiger partial charge in [0.2, 0.25) is 0 Å². The number of aryl methyl sites for hydroxylation is 2. The molecule has 0 spiro atoms. The van der Waals surface area contributed by atoms with Crippen LogP contribution >= 0.6 is 0 Å². The molecule has 3 heterocycles. The molecule has 20 heavy (non-hydrogen) atoms. The lowest BCUT2D eigenvalue weighted by Gasteiger charge is -2.26. The maximum absolute atomic E-state index is 12.4. The average Bonchev–Trinajstić information content (AvgIpc) is 3.10.